The molecule has 7 heteroatoms. The van der Waals surface area contributed by atoms with E-state index in [1.807, 2.05) is 78.9 Å². The van der Waals surface area contributed by atoms with E-state index in [0.717, 1.165) is 26.9 Å². The van der Waals surface area contributed by atoms with Crippen LogP contribution < -0.4 is 19.6 Å². The number of methoxy groups -OCH3 is 1. The molecule has 0 unspecified atom stereocenters. The van der Waals surface area contributed by atoms with Crippen LogP contribution in [0.5, 0.6) is 17.2 Å². The van der Waals surface area contributed by atoms with Gasteiger partial charge in [-0.2, -0.15) is 5.10 Å². The zero-order valence-electron chi connectivity index (χ0n) is 19.7. The second kappa shape index (κ2) is 12.6. The number of nitrogens with one attached hydrogen (secondary N) is 1. The summed E-state index contributed by atoms with van der Waals surface area (Å²) in [4.78, 5) is 12.5. The zero-order chi connectivity index (χ0) is 25.2. The van der Waals surface area contributed by atoms with Gasteiger partial charge in [0.25, 0.3) is 5.91 Å². The molecule has 0 bridgehead atoms. The van der Waals surface area contributed by atoms with Gasteiger partial charge in [-0.25, -0.2) is 5.43 Å². The Balaban J connectivity index is 1.29. The topological polar surface area (TPSA) is 69.2 Å². The second-order valence-corrected chi connectivity index (χ2v) is 8.74. The highest BCUT2D eigenvalue weighted by Gasteiger charge is 2.11. The van der Waals surface area contributed by atoms with Crippen molar-refractivity contribution in [2.75, 3.05) is 7.11 Å². The van der Waals surface area contributed by atoms with E-state index in [1.165, 1.54) is 7.11 Å². The molecule has 0 aliphatic carbocycles. The molecule has 4 aromatic carbocycles. The summed E-state index contributed by atoms with van der Waals surface area (Å²) in [6.45, 7) is 0.886. The van der Waals surface area contributed by atoms with Crippen LogP contribution in [0.3, 0.4) is 0 Å². The van der Waals surface area contributed by atoms with E-state index >= 15 is 0 Å². The van der Waals surface area contributed by atoms with Crippen LogP contribution in [0, 0.1) is 0 Å². The molecule has 0 saturated carbocycles. The fourth-order valence-electron chi connectivity index (χ4n) is 3.29. The van der Waals surface area contributed by atoms with Crippen LogP contribution in [0.1, 0.15) is 27.0 Å². The standard InChI is InChI=1S/C29H25BrN2O4/c1-34-28-17-24(11-16-27(28)36-20-22-5-3-2-4-6-22)29(33)32-31-18-21-9-14-26(15-10-21)35-19-23-7-12-25(30)13-8-23/h2-18H,19-20H2,1H3,(H,32,33)/b31-18+. The van der Waals surface area contributed by atoms with E-state index in [1.54, 1.807) is 24.4 Å². The lowest BCUT2D eigenvalue weighted by Gasteiger charge is -2.12. The summed E-state index contributed by atoms with van der Waals surface area (Å²) in [5.74, 6) is 1.43. The number of ether oxygens (including phenoxy) is 3. The van der Waals surface area contributed by atoms with Crippen LogP contribution in [0.2, 0.25) is 0 Å². The summed E-state index contributed by atoms with van der Waals surface area (Å²) >= 11 is 3.42. The second-order valence-electron chi connectivity index (χ2n) is 7.82. The molecule has 0 aliphatic heterocycles. The van der Waals surface area contributed by atoms with Crippen LogP contribution in [-0.2, 0) is 13.2 Å². The van der Waals surface area contributed by atoms with Crippen LogP contribution in [0.15, 0.2) is 107 Å². The molecule has 6 nitrogen and oxygen atoms in total. The monoisotopic (exact) mass is 544 g/mol. The number of carbonyl (C=O) groups excluding carboxylic acids is 1. The summed E-state index contributed by atoms with van der Waals surface area (Å²) in [7, 11) is 1.54. The quantitative estimate of drug-likeness (QED) is 0.186. The number of nitrogens with zero attached hydrogens (tertiary/aromatic N) is 1. The molecule has 0 radical (unpaired) electrons. The normalized spacial score (nSPS) is 10.7. The van der Waals surface area contributed by atoms with E-state index in [2.05, 4.69) is 26.5 Å². The number of hydrogen-bond donors (Lipinski definition) is 1. The third-order valence-corrected chi connectivity index (χ3v) is 5.77. The summed E-state index contributed by atoms with van der Waals surface area (Å²) in [5.41, 5.74) is 5.90. The number of hydrogen-bond acceptors (Lipinski definition) is 5. The summed E-state index contributed by atoms with van der Waals surface area (Å²) in [6, 6.07) is 30.3. The Morgan fingerprint density at radius 2 is 1.53 bits per heavy atom. The molecule has 4 aromatic rings. The Hall–Kier alpha value is -4.10. The predicted octanol–water partition coefficient (Wildman–Crippen LogP) is 6.38. The molecule has 0 atom stereocenters. The third-order valence-electron chi connectivity index (χ3n) is 5.24. The molecule has 0 heterocycles. The minimum atomic E-state index is -0.353. The number of rotatable bonds is 10. The summed E-state index contributed by atoms with van der Waals surface area (Å²) < 4.78 is 18.1. The maximum Gasteiger partial charge on any atom is 0.271 e. The first kappa shape index (κ1) is 25.0. The zero-order valence-corrected chi connectivity index (χ0v) is 21.3. The highest BCUT2D eigenvalue weighted by atomic mass is 79.9. The van der Waals surface area contributed by atoms with Gasteiger partial charge in [-0.05, 0) is 71.3 Å². The Kier molecular flexibility index (Phi) is 8.72. The number of halogens is 1. The van der Waals surface area contributed by atoms with Crippen molar-refractivity contribution in [3.05, 3.63) is 124 Å². The van der Waals surface area contributed by atoms with Gasteiger partial charge in [0.2, 0.25) is 0 Å². The van der Waals surface area contributed by atoms with E-state index < -0.39 is 0 Å². The number of benzene rings is 4. The van der Waals surface area contributed by atoms with Crippen molar-refractivity contribution in [1.29, 1.82) is 0 Å². The SMILES string of the molecule is COc1cc(C(=O)N/N=C/c2ccc(OCc3ccc(Br)cc3)cc2)ccc1OCc1ccccc1. The molecule has 4 rings (SSSR count). The van der Waals surface area contributed by atoms with Gasteiger partial charge in [-0.1, -0.05) is 58.4 Å². The molecular formula is C29H25BrN2O4. The molecule has 0 aliphatic rings. The highest BCUT2D eigenvalue weighted by Crippen LogP contribution is 2.29. The van der Waals surface area contributed by atoms with Gasteiger partial charge in [-0.3, -0.25) is 4.79 Å². The van der Waals surface area contributed by atoms with Gasteiger partial charge < -0.3 is 14.2 Å². The molecule has 0 saturated heterocycles. The van der Waals surface area contributed by atoms with Crippen molar-refractivity contribution < 1.29 is 19.0 Å². The van der Waals surface area contributed by atoms with Crippen molar-refractivity contribution in [1.82, 2.24) is 5.43 Å². The van der Waals surface area contributed by atoms with Crippen molar-refractivity contribution in [3.8, 4) is 17.2 Å². The predicted molar refractivity (Wildman–Crippen MR) is 144 cm³/mol. The summed E-state index contributed by atoms with van der Waals surface area (Å²) in [6.07, 6.45) is 1.57. The lowest BCUT2D eigenvalue weighted by Crippen LogP contribution is -2.17. The maximum atomic E-state index is 12.5. The molecule has 0 aromatic heterocycles. The fraction of sp³-hybridized carbons (Fsp3) is 0.103. The average Bonchev–Trinajstić information content (AvgIpc) is 2.92. The van der Waals surface area contributed by atoms with Crippen LogP contribution in [-0.4, -0.2) is 19.2 Å². The highest BCUT2D eigenvalue weighted by molar-refractivity contribution is 9.10. The van der Waals surface area contributed by atoms with Crippen LogP contribution in [0.4, 0.5) is 0 Å². The van der Waals surface area contributed by atoms with Crippen molar-refractivity contribution in [3.63, 3.8) is 0 Å². The van der Waals surface area contributed by atoms with Crippen molar-refractivity contribution in [2.45, 2.75) is 13.2 Å². The summed E-state index contributed by atoms with van der Waals surface area (Å²) in [5, 5.41) is 4.06. The van der Waals surface area contributed by atoms with Crippen molar-refractivity contribution in [2.24, 2.45) is 5.10 Å². The van der Waals surface area contributed by atoms with Gasteiger partial charge in [0.05, 0.1) is 13.3 Å². The maximum absolute atomic E-state index is 12.5. The Labute approximate surface area is 218 Å². The molecule has 182 valence electrons. The largest absolute Gasteiger partial charge is 0.493 e. The van der Waals surface area contributed by atoms with Gasteiger partial charge in [0, 0.05) is 10.0 Å². The van der Waals surface area contributed by atoms with E-state index in [0.29, 0.717) is 30.3 Å². The third kappa shape index (κ3) is 7.20. The van der Waals surface area contributed by atoms with Gasteiger partial charge >= 0.3 is 0 Å². The van der Waals surface area contributed by atoms with Gasteiger partial charge in [-0.15, -0.1) is 0 Å². The lowest BCUT2D eigenvalue weighted by molar-refractivity contribution is 0.0954. The number of hydrazone groups is 1. The lowest BCUT2D eigenvalue weighted by atomic mass is 10.2. The van der Waals surface area contributed by atoms with Crippen LogP contribution in [0.25, 0.3) is 0 Å². The molecule has 36 heavy (non-hydrogen) atoms. The van der Waals surface area contributed by atoms with Crippen molar-refractivity contribution >= 4 is 28.1 Å². The van der Waals surface area contributed by atoms with Crippen LogP contribution >= 0.6 is 15.9 Å². The number of carbonyl (C=O) groups is 1. The van der Waals surface area contributed by atoms with E-state index in [-0.39, 0.29) is 5.91 Å². The number of amides is 1. The van der Waals surface area contributed by atoms with Gasteiger partial charge in [0.1, 0.15) is 19.0 Å². The Morgan fingerprint density at radius 1 is 0.833 bits per heavy atom. The molecule has 1 amide bonds. The Morgan fingerprint density at radius 3 is 2.25 bits per heavy atom. The molecular weight excluding hydrogens is 520 g/mol. The molecule has 0 spiro atoms. The van der Waals surface area contributed by atoms with Gasteiger partial charge in [0.15, 0.2) is 11.5 Å². The smallest absolute Gasteiger partial charge is 0.271 e. The minimum absolute atomic E-state index is 0.353. The van der Waals surface area contributed by atoms with E-state index in [9.17, 15) is 4.79 Å². The molecule has 1 N–H and O–H groups in total. The average molecular weight is 545 g/mol. The fourth-order valence-corrected chi connectivity index (χ4v) is 3.56. The van der Waals surface area contributed by atoms with E-state index in [4.69, 9.17) is 14.2 Å². The Bertz CT molecular complexity index is 1310. The first-order valence-corrected chi connectivity index (χ1v) is 12.1. The first-order valence-electron chi connectivity index (χ1n) is 11.3. The minimum Gasteiger partial charge on any atom is -0.493 e. The molecule has 0 fully saturated rings. The first-order chi connectivity index (χ1) is 17.6.